The van der Waals surface area contributed by atoms with Gasteiger partial charge in [0.2, 0.25) is 0 Å². The second-order valence-corrected chi connectivity index (χ2v) is 9.02. The lowest BCUT2D eigenvalue weighted by Gasteiger charge is -2.29. The maximum atomic E-state index is 14.3. The molecule has 0 radical (unpaired) electrons. The molecule has 4 rings (SSSR count). The highest BCUT2D eigenvalue weighted by Crippen LogP contribution is 2.27. The molecule has 1 atom stereocenters. The van der Waals surface area contributed by atoms with Gasteiger partial charge in [-0.05, 0) is 37.6 Å². The molecule has 180 valence electrons. The first-order chi connectivity index (χ1) is 16.6. The Bertz CT molecular complexity index is 1080. The Labute approximate surface area is 202 Å². The highest BCUT2D eigenvalue weighted by atomic mass is 19.1. The second kappa shape index (κ2) is 11.6. The molecule has 1 N–H and O–H groups in total. The van der Waals surface area contributed by atoms with E-state index in [1.165, 1.54) is 17.3 Å². The summed E-state index contributed by atoms with van der Waals surface area (Å²) < 4.78 is 16.4. The minimum atomic E-state index is -0.387. The lowest BCUT2D eigenvalue weighted by atomic mass is 10.0. The van der Waals surface area contributed by atoms with Crippen LogP contribution in [0.4, 0.5) is 4.39 Å². The van der Waals surface area contributed by atoms with Gasteiger partial charge >= 0.3 is 0 Å². The van der Waals surface area contributed by atoms with Gasteiger partial charge in [-0.25, -0.2) is 9.07 Å². The van der Waals surface area contributed by atoms with E-state index in [0.717, 1.165) is 49.4 Å². The van der Waals surface area contributed by atoms with Gasteiger partial charge in [-0.15, -0.1) is 6.58 Å². The summed E-state index contributed by atoms with van der Waals surface area (Å²) in [7, 11) is 0. The lowest BCUT2D eigenvalue weighted by Crippen LogP contribution is -2.34. The zero-order chi connectivity index (χ0) is 23.9. The van der Waals surface area contributed by atoms with Crippen molar-refractivity contribution < 1.29 is 9.50 Å². The van der Waals surface area contributed by atoms with Crippen LogP contribution < -0.4 is 0 Å². The molecule has 1 aromatic heterocycles. The maximum Gasteiger partial charge on any atom is 0.127 e. The molecule has 0 amide bonds. The van der Waals surface area contributed by atoms with E-state index in [1.807, 2.05) is 36.4 Å². The number of nitrogens with zero attached hydrogens (tertiary/aromatic N) is 4. The van der Waals surface area contributed by atoms with Crippen LogP contribution in [-0.2, 0) is 26.1 Å². The molecule has 3 aromatic rings. The standard InChI is InChI=1S/C28H35FN4O/c1-3-5-14-24(34)19-31(4-2)21-27-25-20-32(18-22-11-9-10-15-26(22)29)17-16-28(25)33(30-27)23-12-7-6-8-13-23/h3,6-13,15,24,34H,1,4-5,14,16-21H2,2H3. The number of aromatic nitrogens is 2. The van der Waals surface area contributed by atoms with E-state index < -0.39 is 0 Å². The molecule has 0 spiro atoms. The van der Waals surface area contributed by atoms with Gasteiger partial charge in [-0.3, -0.25) is 9.80 Å². The average Bonchev–Trinajstić information content (AvgIpc) is 3.22. The van der Waals surface area contributed by atoms with Crippen molar-refractivity contribution in [2.24, 2.45) is 0 Å². The first-order valence-corrected chi connectivity index (χ1v) is 12.2. The summed E-state index contributed by atoms with van der Waals surface area (Å²) in [6.07, 6.45) is 3.85. The predicted molar refractivity (Wildman–Crippen MR) is 134 cm³/mol. The topological polar surface area (TPSA) is 44.5 Å². The fourth-order valence-electron chi connectivity index (χ4n) is 4.67. The van der Waals surface area contributed by atoms with E-state index in [4.69, 9.17) is 5.10 Å². The van der Waals surface area contributed by atoms with Crippen LogP contribution in [0.2, 0.25) is 0 Å². The number of fused-ring (bicyclic) bond motifs is 1. The molecular formula is C28H35FN4O. The van der Waals surface area contributed by atoms with E-state index >= 15 is 0 Å². The summed E-state index contributed by atoms with van der Waals surface area (Å²) in [6, 6.07) is 17.3. The van der Waals surface area contributed by atoms with Gasteiger partial charge in [0.1, 0.15) is 5.82 Å². The van der Waals surface area contributed by atoms with E-state index in [9.17, 15) is 9.50 Å². The molecule has 6 heteroatoms. The predicted octanol–water partition coefficient (Wildman–Crippen LogP) is 4.72. The Hall–Kier alpha value is -2.80. The van der Waals surface area contributed by atoms with Gasteiger partial charge in [-0.2, -0.15) is 5.10 Å². The summed E-state index contributed by atoms with van der Waals surface area (Å²) in [5.41, 5.74) is 5.28. The molecule has 1 aliphatic heterocycles. The van der Waals surface area contributed by atoms with Crippen LogP contribution in [0.15, 0.2) is 67.3 Å². The molecule has 0 bridgehead atoms. The summed E-state index contributed by atoms with van der Waals surface area (Å²) in [6.45, 7) is 10.2. The minimum absolute atomic E-state index is 0.154. The summed E-state index contributed by atoms with van der Waals surface area (Å²) in [5.74, 6) is -0.154. The normalized spacial score (nSPS) is 14.8. The number of aliphatic hydroxyl groups excluding tert-OH is 1. The third-order valence-electron chi connectivity index (χ3n) is 6.57. The Kier molecular flexibility index (Phi) is 8.27. The second-order valence-electron chi connectivity index (χ2n) is 9.02. The number of benzene rings is 2. The van der Waals surface area contributed by atoms with Crippen molar-refractivity contribution in [1.29, 1.82) is 0 Å². The number of aliphatic hydroxyl groups is 1. The quantitative estimate of drug-likeness (QED) is 0.419. The van der Waals surface area contributed by atoms with Gasteiger partial charge in [0.15, 0.2) is 0 Å². The van der Waals surface area contributed by atoms with Gasteiger partial charge in [0.25, 0.3) is 0 Å². The molecule has 0 saturated heterocycles. The molecule has 0 saturated carbocycles. The van der Waals surface area contributed by atoms with E-state index in [1.54, 1.807) is 6.07 Å². The summed E-state index contributed by atoms with van der Waals surface area (Å²) in [4.78, 5) is 4.55. The number of rotatable bonds is 11. The Morgan fingerprint density at radius 2 is 1.94 bits per heavy atom. The number of halogens is 1. The molecule has 2 aromatic carbocycles. The highest BCUT2D eigenvalue weighted by molar-refractivity contribution is 5.39. The number of likely N-dealkylation sites (N-methyl/N-ethyl adjacent to an activating group) is 1. The van der Waals surface area contributed by atoms with Crippen molar-refractivity contribution in [2.45, 2.75) is 51.9 Å². The molecule has 1 aliphatic rings. The number of hydrogen-bond acceptors (Lipinski definition) is 4. The van der Waals surface area contributed by atoms with Gasteiger partial charge in [-0.1, -0.05) is 49.4 Å². The average molecular weight is 463 g/mol. The van der Waals surface area contributed by atoms with Crippen molar-refractivity contribution in [1.82, 2.24) is 19.6 Å². The minimum Gasteiger partial charge on any atom is -0.392 e. The van der Waals surface area contributed by atoms with E-state index in [0.29, 0.717) is 26.1 Å². The third-order valence-corrected chi connectivity index (χ3v) is 6.57. The van der Waals surface area contributed by atoms with Gasteiger partial charge in [0, 0.05) is 50.3 Å². The molecule has 5 nitrogen and oxygen atoms in total. The smallest absolute Gasteiger partial charge is 0.127 e. The lowest BCUT2D eigenvalue weighted by molar-refractivity contribution is 0.104. The first kappa shape index (κ1) is 24.3. The fourth-order valence-corrected chi connectivity index (χ4v) is 4.67. The van der Waals surface area contributed by atoms with Crippen LogP contribution in [0.25, 0.3) is 5.69 Å². The van der Waals surface area contributed by atoms with Crippen LogP contribution in [0.3, 0.4) is 0 Å². The molecule has 0 fully saturated rings. The summed E-state index contributed by atoms with van der Waals surface area (Å²) in [5, 5.41) is 15.5. The van der Waals surface area contributed by atoms with Crippen LogP contribution in [0.5, 0.6) is 0 Å². The molecule has 2 heterocycles. The Balaban J connectivity index is 1.59. The highest BCUT2D eigenvalue weighted by Gasteiger charge is 2.27. The van der Waals surface area contributed by atoms with Crippen molar-refractivity contribution in [3.63, 3.8) is 0 Å². The SMILES string of the molecule is C=CCCC(O)CN(CC)Cc1nn(-c2ccccc2)c2c1CN(Cc1ccccc1F)CC2. The largest absolute Gasteiger partial charge is 0.392 e. The first-order valence-electron chi connectivity index (χ1n) is 12.2. The number of allylic oxidation sites excluding steroid dienone is 1. The Morgan fingerprint density at radius 1 is 1.18 bits per heavy atom. The summed E-state index contributed by atoms with van der Waals surface area (Å²) >= 11 is 0. The van der Waals surface area contributed by atoms with Crippen LogP contribution in [-0.4, -0.2) is 50.4 Å². The third kappa shape index (κ3) is 5.81. The molecular weight excluding hydrogens is 427 g/mol. The Morgan fingerprint density at radius 3 is 2.68 bits per heavy atom. The fraction of sp³-hybridized carbons (Fsp3) is 0.393. The number of hydrogen-bond donors (Lipinski definition) is 1. The maximum absolute atomic E-state index is 14.3. The molecule has 34 heavy (non-hydrogen) atoms. The molecule has 0 aliphatic carbocycles. The zero-order valence-electron chi connectivity index (χ0n) is 20.0. The van der Waals surface area contributed by atoms with Gasteiger partial charge in [0.05, 0.1) is 23.2 Å². The van der Waals surface area contributed by atoms with Gasteiger partial charge < -0.3 is 5.11 Å². The zero-order valence-corrected chi connectivity index (χ0v) is 20.0. The van der Waals surface area contributed by atoms with E-state index in [-0.39, 0.29) is 11.9 Å². The monoisotopic (exact) mass is 462 g/mol. The number of para-hydroxylation sites is 1. The van der Waals surface area contributed by atoms with Crippen LogP contribution in [0, 0.1) is 5.82 Å². The molecule has 1 unspecified atom stereocenters. The van der Waals surface area contributed by atoms with Crippen LogP contribution >= 0.6 is 0 Å². The van der Waals surface area contributed by atoms with Crippen molar-refractivity contribution in [2.75, 3.05) is 19.6 Å². The van der Waals surface area contributed by atoms with Crippen molar-refractivity contribution in [3.05, 3.63) is 95.6 Å². The van der Waals surface area contributed by atoms with Crippen LogP contribution in [0.1, 0.15) is 42.3 Å². The van der Waals surface area contributed by atoms with Crippen molar-refractivity contribution >= 4 is 0 Å². The van der Waals surface area contributed by atoms with Crippen molar-refractivity contribution in [3.8, 4) is 5.69 Å². The van der Waals surface area contributed by atoms with E-state index in [2.05, 4.69) is 40.1 Å².